The Morgan fingerprint density at radius 1 is 1.00 bits per heavy atom. The van der Waals surface area contributed by atoms with Gasteiger partial charge in [0, 0.05) is 27.9 Å². The van der Waals surface area contributed by atoms with Crippen molar-refractivity contribution in [2.75, 3.05) is 27.9 Å². The highest BCUT2D eigenvalue weighted by Crippen LogP contribution is 2.40. The summed E-state index contributed by atoms with van der Waals surface area (Å²) in [5, 5.41) is 18.6. The summed E-state index contributed by atoms with van der Waals surface area (Å²) in [6.07, 6.45) is 2.53. The Balaban J connectivity index is 6.64. The van der Waals surface area contributed by atoms with E-state index < -0.39 is 35.0 Å². The molecule has 0 heterocycles. The summed E-state index contributed by atoms with van der Waals surface area (Å²) < 4.78 is 17.0. The third-order valence-electron chi connectivity index (χ3n) is 5.57. The number of ether oxygens (including phenoxy) is 3. The summed E-state index contributed by atoms with van der Waals surface area (Å²) in [6, 6.07) is 0. The van der Waals surface area contributed by atoms with Crippen molar-refractivity contribution in [3.05, 3.63) is 0 Å². The molecule has 27 heavy (non-hydrogen) atoms. The summed E-state index contributed by atoms with van der Waals surface area (Å²) in [7, 11) is 4.75. The van der Waals surface area contributed by atoms with Gasteiger partial charge in [-0.2, -0.15) is 0 Å². The first-order chi connectivity index (χ1) is 12.5. The monoisotopic (exact) mass is 407 g/mol. The van der Waals surface area contributed by atoms with Crippen LogP contribution in [0.5, 0.6) is 0 Å². The van der Waals surface area contributed by atoms with Gasteiger partial charge in [-0.05, 0) is 19.8 Å². The van der Waals surface area contributed by atoms with Crippen molar-refractivity contribution in [2.24, 2.45) is 0 Å². The van der Waals surface area contributed by atoms with E-state index in [2.05, 4.69) is 0 Å². The number of rotatable bonds is 15. The van der Waals surface area contributed by atoms with Crippen LogP contribution in [-0.2, 0) is 23.8 Å². The van der Waals surface area contributed by atoms with Crippen LogP contribution >= 0.6 is 0 Å². The van der Waals surface area contributed by atoms with Gasteiger partial charge in [0.15, 0.2) is 5.35 Å². The van der Waals surface area contributed by atoms with Crippen LogP contribution in [0.3, 0.4) is 0 Å². The number of carboxylic acid groups (broad SMARTS) is 2. The maximum absolute atomic E-state index is 12.5. The summed E-state index contributed by atoms with van der Waals surface area (Å²) in [5.41, 5.74) is -1.62. The normalized spacial score (nSPS) is 16.9. The second kappa shape index (κ2) is 11.1. The standard InChI is InChI=1S/C18H37NO7Si/c1-7-9-11-17(15(22)23,13-14(20)21)19(12-10-8-2)18(27,26-6)16(3,24-4)25-5/h7-13H2,1-6,27H3,(H,20,21)(H,22,23). The summed E-state index contributed by atoms with van der Waals surface area (Å²) in [6.45, 7) is 5.99. The van der Waals surface area contributed by atoms with E-state index >= 15 is 0 Å². The fourth-order valence-electron chi connectivity index (χ4n) is 3.49. The molecule has 2 N–H and O–H groups in total. The predicted octanol–water partition coefficient (Wildman–Crippen LogP) is 1.25. The molecule has 0 aromatic heterocycles. The lowest BCUT2D eigenvalue weighted by Crippen LogP contribution is -2.74. The molecule has 2 unspecified atom stereocenters. The maximum Gasteiger partial charge on any atom is 0.324 e. The first kappa shape index (κ1) is 26.0. The zero-order chi connectivity index (χ0) is 21.3. The van der Waals surface area contributed by atoms with Crippen molar-refractivity contribution in [3.63, 3.8) is 0 Å². The van der Waals surface area contributed by atoms with E-state index in [1.54, 1.807) is 11.8 Å². The van der Waals surface area contributed by atoms with Gasteiger partial charge in [0.05, 0.1) is 16.7 Å². The largest absolute Gasteiger partial charge is 0.481 e. The van der Waals surface area contributed by atoms with E-state index in [1.807, 2.05) is 13.8 Å². The Hall–Kier alpha value is -1.00. The van der Waals surface area contributed by atoms with Gasteiger partial charge in [0.25, 0.3) is 0 Å². The molecular formula is C18H37NO7Si. The van der Waals surface area contributed by atoms with Crippen molar-refractivity contribution in [3.8, 4) is 0 Å². The van der Waals surface area contributed by atoms with Gasteiger partial charge in [-0.3, -0.25) is 14.5 Å². The molecule has 0 aromatic rings. The SMILES string of the molecule is CCCCN(C(CCCC)(CC(=O)O)C(=O)O)C([SiH3])(OC)C(C)(OC)OC. The highest BCUT2D eigenvalue weighted by Gasteiger charge is 2.59. The molecule has 0 aliphatic heterocycles. The summed E-state index contributed by atoms with van der Waals surface area (Å²) in [4.78, 5) is 25.9. The molecule has 8 nitrogen and oxygen atoms in total. The van der Waals surface area contributed by atoms with Crippen LogP contribution in [0.4, 0.5) is 0 Å². The van der Waals surface area contributed by atoms with Crippen LogP contribution in [0, 0.1) is 0 Å². The third kappa shape index (κ3) is 5.51. The van der Waals surface area contributed by atoms with Gasteiger partial charge in [0.1, 0.15) is 5.54 Å². The zero-order valence-corrected chi connectivity index (χ0v) is 19.8. The fourth-order valence-corrected chi connectivity index (χ4v) is 4.55. The molecule has 0 aromatic carbocycles. The maximum atomic E-state index is 12.5. The lowest BCUT2D eigenvalue weighted by Gasteiger charge is -2.55. The number of carbonyl (C=O) groups is 2. The van der Waals surface area contributed by atoms with E-state index in [4.69, 9.17) is 14.2 Å². The zero-order valence-electron chi connectivity index (χ0n) is 17.8. The number of hydrogen-bond acceptors (Lipinski definition) is 6. The number of carboxylic acids is 2. The molecule has 0 saturated carbocycles. The number of hydrogen-bond donors (Lipinski definition) is 2. The topological polar surface area (TPSA) is 106 Å². The van der Waals surface area contributed by atoms with Crippen molar-refractivity contribution >= 4 is 22.2 Å². The van der Waals surface area contributed by atoms with Crippen molar-refractivity contribution < 1.29 is 34.0 Å². The van der Waals surface area contributed by atoms with Crippen LogP contribution in [0.1, 0.15) is 59.3 Å². The Labute approximate surface area is 165 Å². The first-order valence-electron chi connectivity index (χ1n) is 9.43. The van der Waals surface area contributed by atoms with E-state index in [-0.39, 0.29) is 6.42 Å². The van der Waals surface area contributed by atoms with Gasteiger partial charge >= 0.3 is 11.9 Å². The van der Waals surface area contributed by atoms with Crippen LogP contribution in [0.25, 0.3) is 0 Å². The smallest absolute Gasteiger partial charge is 0.324 e. The number of unbranched alkanes of at least 4 members (excludes halogenated alkanes) is 2. The molecule has 0 rings (SSSR count). The molecule has 0 aliphatic rings. The molecule has 0 spiro atoms. The second-order valence-corrected chi connectivity index (χ2v) is 8.41. The van der Waals surface area contributed by atoms with Crippen LogP contribution in [0.2, 0.25) is 0 Å². The number of aliphatic carboxylic acids is 2. The predicted molar refractivity (Wildman–Crippen MR) is 106 cm³/mol. The Kier molecular flexibility index (Phi) is 10.7. The van der Waals surface area contributed by atoms with Gasteiger partial charge in [-0.25, -0.2) is 0 Å². The number of methoxy groups -OCH3 is 3. The number of nitrogens with zero attached hydrogens (tertiary/aromatic N) is 1. The molecule has 0 fully saturated rings. The highest BCUT2D eigenvalue weighted by molar-refractivity contribution is 6.15. The van der Waals surface area contributed by atoms with Crippen LogP contribution < -0.4 is 0 Å². The molecule has 0 aliphatic carbocycles. The molecule has 0 radical (unpaired) electrons. The lowest BCUT2D eigenvalue weighted by molar-refractivity contribution is -0.322. The van der Waals surface area contributed by atoms with Crippen LogP contribution in [0.15, 0.2) is 0 Å². The van der Waals surface area contributed by atoms with Gasteiger partial charge in [0.2, 0.25) is 5.79 Å². The highest BCUT2D eigenvalue weighted by atomic mass is 28.1. The van der Waals surface area contributed by atoms with E-state index in [9.17, 15) is 19.8 Å². The minimum atomic E-state index is -1.62. The van der Waals surface area contributed by atoms with Gasteiger partial charge in [-0.15, -0.1) is 0 Å². The summed E-state index contributed by atoms with van der Waals surface area (Å²) >= 11 is 0. The van der Waals surface area contributed by atoms with Crippen molar-refractivity contribution in [1.82, 2.24) is 4.90 Å². The molecule has 9 heteroatoms. The average Bonchev–Trinajstić information content (AvgIpc) is 2.64. The first-order valence-corrected chi connectivity index (χ1v) is 10.4. The third-order valence-corrected chi connectivity index (χ3v) is 7.43. The van der Waals surface area contributed by atoms with E-state index in [1.165, 1.54) is 21.3 Å². The Morgan fingerprint density at radius 2 is 1.52 bits per heavy atom. The molecule has 160 valence electrons. The molecule has 0 amide bonds. The van der Waals surface area contributed by atoms with Crippen molar-refractivity contribution in [2.45, 2.75) is 76.0 Å². The van der Waals surface area contributed by atoms with Crippen molar-refractivity contribution in [1.29, 1.82) is 0 Å². The fraction of sp³-hybridized carbons (Fsp3) is 0.889. The van der Waals surface area contributed by atoms with E-state index in [0.29, 0.717) is 29.6 Å². The van der Waals surface area contributed by atoms with Crippen LogP contribution in [-0.4, -0.2) is 81.8 Å². The average molecular weight is 408 g/mol. The Bertz CT molecular complexity index is 486. The second-order valence-electron chi connectivity index (χ2n) is 7.06. The quantitative estimate of drug-likeness (QED) is 0.309. The summed E-state index contributed by atoms with van der Waals surface area (Å²) in [5.74, 6) is -3.58. The molecule has 0 bridgehead atoms. The molecule has 2 atom stereocenters. The minimum absolute atomic E-state index is 0.200. The van der Waals surface area contributed by atoms with Gasteiger partial charge < -0.3 is 24.4 Å². The molecule has 0 saturated heterocycles. The van der Waals surface area contributed by atoms with E-state index in [0.717, 1.165) is 12.8 Å². The lowest BCUT2D eigenvalue weighted by atomic mass is 9.85. The minimum Gasteiger partial charge on any atom is -0.481 e. The molecular weight excluding hydrogens is 370 g/mol. The van der Waals surface area contributed by atoms with Gasteiger partial charge in [-0.1, -0.05) is 33.1 Å². The Morgan fingerprint density at radius 3 is 1.85 bits per heavy atom.